The van der Waals surface area contributed by atoms with Crippen LogP contribution in [-0.4, -0.2) is 0 Å². The van der Waals surface area contributed by atoms with E-state index in [0.717, 1.165) is 11.4 Å². The summed E-state index contributed by atoms with van der Waals surface area (Å²) in [5.41, 5.74) is 10.7. The van der Waals surface area contributed by atoms with Crippen molar-refractivity contribution in [3.05, 3.63) is 212 Å². The van der Waals surface area contributed by atoms with Crippen molar-refractivity contribution in [2.45, 2.75) is 0 Å². The fraction of sp³-hybridized carbons (Fsp3) is 0. The molecule has 0 bridgehead atoms. The normalized spacial score (nSPS) is 11.6. The van der Waals surface area contributed by atoms with Gasteiger partial charge in [-0.1, -0.05) is 164 Å². The molecule has 0 radical (unpaired) electrons. The van der Waals surface area contributed by atoms with E-state index in [4.69, 9.17) is 0 Å². The minimum atomic E-state index is 1.12. The summed E-state index contributed by atoms with van der Waals surface area (Å²) in [6.07, 6.45) is 0. The molecule has 0 fully saturated rings. The standard InChI is InChI=1S/C54H35NS/c1-2-13-40-33-43(28-25-36(40)11-1)37-29-31-45(32-30-37)55(51-23-10-22-50-49-20-5-6-24-52(49)56-54(50)51)46-18-8-16-42(35-46)41-15-7-17-44(34-41)48-21-9-14-39-27-26-38-12-3-4-19-47(38)53(39)48/h1-35H. The van der Waals surface area contributed by atoms with E-state index in [-0.39, 0.29) is 0 Å². The van der Waals surface area contributed by atoms with Crippen LogP contribution in [0.1, 0.15) is 0 Å². The summed E-state index contributed by atoms with van der Waals surface area (Å²) >= 11 is 1.87. The Morgan fingerprint density at radius 2 is 0.929 bits per heavy atom. The maximum Gasteiger partial charge on any atom is 0.0640 e. The summed E-state index contributed by atoms with van der Waals surface area (Å²) in [7, 11) is 0. The number of hydrogen-bond donors (Lipinski definition) is 0. The van der Waals surface area contributed by atoms with Crippen molar-refractivity contribution in [1.82, 2.24) is 0 Å². The molecule has 10 aromatic carbocycles. The Morgan fingerprint density at radius 1 is 0.321 bits per heavy atom. The van der Waals surface area contributed by atoms with Crippen molar-refractivity contribution in [3.8, 4) is 33.4 Å². The molecule has 0 amide bonds. The molecule has 2 heteroatoms. The molecular formula is C54H35NS. The van der Waals surface area contributed by atoms with Crippen molar-refractivity contribution in [2.24, 2.45) is 0 Å². The summed E-state index contributed by atoms with van der Waals surface area (Å²) in [4.78, 5) is 2.44. The van der Waals surface area contributed by atoms with Crippen LogP contribution in [0, 0.1) is 0 Å². The summed E-state index contributed by atoms with van der Waals surface area (Å²) < 4.78 is 2.58. The van der Waals surface area contributed by atoms with E-state index in [2.05, 4.69) is 217 Å². The molecule has 56 heavy (non-hydrogen) atoms. The summed E-state index contributed by atoms with van der Waals surface area (Å²) in [5.74, 6) is 0. The molecule has 0 aliphatic heterocycles. The predicted octanol–water partition coefficient (Wildman–Crippen LogP) is 16.0. The average molecular weight is 730 g/mol. The van der Waals surface area contributed by atoms with Gasteiger partial charge in [-0.05, 0) is 114 Å². The third-order valence-corrected chi connectivity index (χ3v) is 12.4. The zero-order valence-corrected chi connectivity index (χ0v) is 31.4. The first kappa shape index (κ1) is 32.4. The van der Waals surface area contributed by atoms with Crippen LogP contribution < -0.4 is 4.90 Å². The second kappa shape index (κ2) is 13.4. The van der Waals surface area contributed by atoms with Gasteiger partial charge in [0.15, 0.2) is 0 Å². The smallest absolute Gasteiger partial charge is 0.0640 e. The molecule has 0 unspecified atom stereocenters. The fourth-order valence-corrected chi connectivity index (χ4v) is 9.70. The Morgan fingerprint density at radius 3 is 1.82 bits per heavy atom. The van der Waals surface area contributed by atoms with Crippen LogP contribution in [0.3, 0.4) is 0 Å². The molecule has 0 saturated carbocycles. The number of rotatable bonds is 6. The number of thiophene rings is 1. The van der Waals surface area contributed by atoms with E-state index in [1.807, 2.05) is 11.3 Å². The van der Waals surface area contributed by atoms with Gasteiger partial charge in [0.25, 0.3) is 0 Å². The van der Waals surface area contributed by atoms with E-state index in [1.54, 1.807) is 0 Å². The Balaban J connectivity index is 1.05. The highest BCUT2D eigenvalue weighted by atomic mass is 32.1. The second-order valence-corrected chi connectivity index (χ2v) is 15.6. The Kier molecular flexibility index (Phi) is 7.75. The monoisotopic (exact) mass is 729 g/mol. The predicted molar refractivity (Wildman–Crippen MR) is 243 cm³/mol. The van der Waals surface area contributed by atoms with Gasteiger partial charge in [0.2, 0.25) is 0 Å². The first-order chi connectivity index (χ1) is 27.7. The van der Waals surface area contributed by atoms with Gasteiger partial charge < -0.3 is 4.90 Å². The molecule has 0 aliphatic rings. The zero-order chi connectivity index (χ0) is 37.0. The molecule has 11 aromatic rings. The largest absolute Gasteiger partial charge is 0.309 e. The first-order valence-corrected chi connectivity index (χ1v) is 20.0. The van der Waals surface area contributed by atoms with Gasteiger partial charge >= 0.3 is 0 Å². The summed E-state index contributed by atoms with van der Waals surface area (Å²) in [5, 5.41) is 10.2. The fourth-order valence-electron chi connectivity index (χ4n) is 8.50. The Labute approximate surface area is 330 Å². The van der Waals surface area contributed by atoms with Gasteiger partial charge in [-0.15, -0.1) is 11.3 Å². The maximum atomic E-state index is 2.44. The van der Waals surface area contributed by atoms with Crippen LogP contribution in [0.4, 0.5) is 17.1 Å². The quantitative estimate of drug-likeness (QED) is 0.154. The first-order valence-electron chi connectivity index (χ1n) is 19.2. The summed E-state index contributed by atoms with van der Waals surface area (Å²) in [6.45, 7) is 0. The van der Waals surface area contributed by atoms with Crippen molar-refractivity contribution in [2.75, 3.05) is 4.90 Å². The second-order valence-electron chi connectivity index (χ2n) is 14.5. The zero-order valence-electron chi connectivity index (χ0n) is 30.6. The topological polar surface area (TPSA) is 3.24 Å². The number of anilines is 3. The van der Waals surface area contributed by atoms with Crippen LogP contribution >= 0.6 is 11.3 Å². The van der Waals surface area contributed by atoms with Gasteiger partial charge in [-0.2, -0.15) is 0 Å². The molecule has 1 heterocycles. The Hall–Kier alpha value is -7.00. The number of benzene rings is 10. The van der Waals surface area contributed by atoms with Crippen LogP contribution in [0.2, 0.25) is 0 Å². The lowest BCUT2D eigenvalue weighted by Crippen LogP contribution is -2.10. The lowest BCUT2D eigenvalue weighted by molar-refractivity contribution is 1.30. The number of fused-ring (bicyclic) bond motifs is 7. The Bertz CT molecular complexity index is 3260. The molecule has 262 valence electrons. The highest BCUT2D eigenvalue weighted by Gasteiger charge is 2.19. The van der Waals surface area contributed by atoms with Crippen molar-refractivity contribution < 1.29 is 0 Å². The molecule has 0 spiro atoms. The van der Waals surface area contributed by atoms with E-state index in [9.17, 15) is 0 Å². The third kappa shape index (κ3) is 5.54. The van der Waals surface area contributed by atoms with Crippen LogP contribution in [-0.2, 0) is 0 Å². The SMILES string of the molecule is c1cc(-c2cccc(N(c3ccc(-c4ccc5ccccc5c4)cc3)c3cccc4c3sc3ccccc34)c2)cc(-c2cccc3ccc4ccccc4c23)c1. The minimum Gasteiger partial charge on any atom is -0.309 e. The van der Waals surface area contributed by atoms with E-state index < -0.39 is 0 Å². The average Bonchev–Trinajstić information content (AvgIpc) is 3.66. The van der Waals surface area contributed by atoms with Crippen LogP contribution in [0.25, 0.3) is 85.9 Å². The van der Waals surface area contributed by atoms with Crippen molar-refractivity contribution in [1.29, 1.82) is 0 Å². The lowest BCUT2D eigenvalue weighted by Gasteiger charge is -2.27. The van der Waals surface area contributed by atoms with E-state index in [0.29, 0.717) is 0 Å². The molecular weight excluding hydrogens is 695 g/mol. The number of nitrogens with zero attached hydrogens (tertiary/aromatic N) is 1. The van der Waals surface area contributed by atoms with Crippen molar-refractivity contribution in [3.63, 3.8) is 0 Å². The lowest BCUT2D eigenvalue weighted by atomic mass is 9.92. The molecule has 1 nitrogen and oxygen atoms in total. The van der Waals surface area contributed by atoms with Crippen molar-refractivity contribution >= 4 is 80.9 Å². The van der Waals surface area contributed by atoms with Crippen LogP contribution in [0.5, 0.6) is 0 Å². The van der Waals surface area contributed by atoms with Gasteiger partial charge in [0.1, 0.15) is 0 Å². The van der Waals surface area contributed by atoms with Gasteiger partial charge in [0, 0.05) is 26.8 Å². The summed E-state index contributed by atoms with van der Waals surface area (Å²) in [6, 6.07) is 77.8. The molecule has 0 N–H and O–H groups in total. The van der Waals surface area contributed by atoms with E-state index >= 15 is 0 Å². The molecule has 11 rings (SSSR count). The van der Waals surface area contributed by atoms with Gasteiger partial charge in [-0.25, -0.2) is 0 Å². The molecule has 0 atom stereocenters. The maximum absolute atomic E-state index is 2.44. The highest BCUT2D eigenvalue weighted by molar-refractivity contribution is 7.26. The van der Waals surface area contributed by atoms with Gasteiger partial charge in [-0.3, -0.25) is 0 Å². The van der Waals surface area contributed by atoms with E-state index in [1.165, 1.54) is 91.6 Å². The van der Waals surface area contributed by atoms with Gasteiger partial charge in [0.05, 0.1) is 10.4 Å². The van der Waals surface area contributed by atoms with Crippen LogP contribution in [0.15, 0.2) is 212 Å². The highest BCUT2D eigenvalue weighted by Crippen LogP contribution is 2.46. The molecule has 1 aromatic heterocycles. The molecule has 0 saturated heterocycles. The number of hydrogen-bond acceptors (Lipinski definition) is 2. The third-order valence-electron chi connectivity index (χ3n) is 11.2. The minimum absolute atomic E-state index is 1.12. The molecule has 0 aliphatic carbocycles.